The number of aromatic hydroxyl groups is 1. The van der Waals surface area contributed by atoms with Gasteiger partial charge in [-0.15, -0.1) is 0 Å². The second-order valence-corrected chi connectivity index (χ2v) is 5.27. The highest BCUT2D eigenvalue weighted by Gasteiger charge is 2.18. The molecule has 0 unspecified atom stereocenters. The summed E-state index contributed by atoms with van der Waals surface area (Å²) >= 11 is 5.57. The van der Waals surface area contributed by atoms with Gasteiger partial charge in [-0.2, -0.15) is 5.26 Å². The zero-order valence-electron chi connectivity index (χ0n) is 6.53. The molecule has 1 aromatic carbocycles. The predicted molar refractivity (Wildman–Crippen MR) is 50.9 cm³/mol. The molecule has 4 nitrogen and oxygen atoms in total. The number of hydrogen-bond donors (Lipinski definition) is 1. The lowest BCUT2D eigenvalue weighted by Gasteiger charge is -2.02. The van der Waals surface area contributed by atoms with Gasteiger partial charge in [-0.25, -0.2) is 8.42 Å². The molecule has 0 bridgehead atoms. The summed E-state index contributed by atoms with van der Waals surface area (Å²) in [6.07, 6.45) is 0. The second-order valence-electron chi connectivity index (χ2n) is 2.36. The molecular weight excluding hydrogens is 249 g/mol. The van der Waals surface area contributed by atoms with Crippen molar-refractivity contribution in [3.8, 4) is 11.8 Å². The lowest BCUT2D eigenvalue weighted by atomic mass is 10.2. The zero-order chi connectivity index (χ0) is 10.9. The third kappa shape index (κ3) is 2.10. The molecular formula is C7H3Cl2NO3S. The van der Waals surface area contributed by atoms with E-state index in [9.17, 15) is 8.42 Å². The van der Waals surface area contributed by atoms with Crippen molar-refractivity contribution in [2.24, 2.45) is 0 Å². The van der Waals surface area contributed by atoms with Crippen LogP contribution in [0.5, 0.6) is 5.75 Å². The molecule has 0 saturated heterocycles. The van der Waals surface area contributed by atoms with Crippen LogP contribution in [-0.2, 0) is 9.05 Å². The molecule has 7 heteroatoms. The van der Waals surface area contributed by atoms with Crippen LogP contribution in [0.4, 0.5) is 0 Å². The summed E-state index contributed by atoms with van der Waals surface area (Å²) in [5, 5.41) is 17.3. The van der Waals surface area contributed by atoms with Gasteiger partial charge in [0.1, 0.15) is 16.7 Å². The van der Waals surface area contributed by atoms with Gasteiger partial charge < -0.3 is 5.11 Å². The van der Waals surface area contributed by atoms with E-state index in [1.807, 2.05) is 0 Å². The number of nitriles is 1. The molecule has 0 radical (unpaired) electrons. The Balaban J connectivity index is 3.64. The predicted octanol–water partition coefficient (Wildman–Crippen LogP) is 1.84. The number of hydrogen-bond acceptors (Lipinski definition) is 4. The Hall–Kier alpha value is -0.960. The van der Waals surface area contributed by atoms with Crippen LogP contribution in [0, 0.1) is 11.3 Å². The molecule has 74 valence electrons. The molecule has 0 aliphatic heterocycles. The Labute approximate surface area is 89.7 Å². The smallest absolute Gasteiger partial charge is 0.262 e. The highest BCUT2D eigenvalue weighted by atomic mass is 35.7. The van der Waals surface area contributed by atoms with E-state index in [0.29, 0.717) is 0 Å². The van der Waals surface area contributed by atoms with Crippen molar-refractivity contribution >= 4 is 31.3 Å². The van der Waals surface area contributed by atoms with Crippen LogP contribution in [0.1, 0.15) is 5.56 Å². The largest absolute Gasteiger partial charge is 0.508 e. The number of benzene rings is 1. The maximum absolute atomic E-state index is 10.9. The summed E-state index contributed by atoms with van der Waals surface area (Å²) in [4.78, 5) is -0.475. The average molecular weight is 252 g/mol. The molecule has 0 aliphatic rings. The Morgan fingerprint density at radius 2 is 2.00 bits per heavy atom. The minimum atomic E-state index is -4.06. The van der Waals surface area contributed by atoms with E-state index >= 15 is 0 Å². The Kier molecular flexibility index (Phi) is 2.90. The van der Waals surface area contributed by atoms with Crippen molar-refractivity contribution in [2.75, 3.05) is 0 Å². The topological polar surface area (TPSA) is 78.2 Å². The quantitative estimate of drug-likeness (QED) is 0.773. The molecule has 0 heterocycles. The van der Waals surface area contributed by atoms with Gasteiger partial charge in [-0.1, -0.05) is 11.6 Å². The third-order valence-electron chi connectivity index (χ3n) is 1.41. The molecule has 0 aromatic heterocycles. The minimum absolute atomic E-state index is 0.147. The van der Waals surface area contributed by atoms with Crippen molar-refractivity contribution < 1.29 is 13.5 Å². The van der Waals surface area contributed by atoms with Crippen molar-refractivity contribution in [3.63, 3.8) is 0 Å². The monoisotopic (exact) mass is 251 g/mol. The SMILES string of the molecule is N#Cc1cc(O)cc(S(=O)(=O)Cl)c1Cl. The normalized spacial score (nSPS) is 10.9. The minimum Gasteiger partial charge on any atom is -0.508 e. The van der Waals surface area contributed by atoms with E-state index in [0.717, 1.165) is 12.1 Å². The van der Waals surface area contributed by atoms with Crippen LogP contribution in [0.15, 0.2) is 17.0 Å². The lowest BCUT2D eigenvalue weighted by Crippen LogP contribution is -1.93. The van der Waals surface area contributed by atoms with Crippen LogP contribution in [0.25, 0.3) is 0 Å². The van der Waals surface area contributed by atoms with Gasteiger partial charge in [0.25, 0.3) is 9.05 Å². The van der Waals surface area contributed by atoms with Gasteiger partial charge in [-0.3, -0.25) is 0 Å². The fourth-order valence-corrected chi connectivity index (χ4v) is 2.37. The van der Waals surface area contributed by atoms with Gasteiger partial charge in [0.05, 0.1) is 10.6 Å². The summed E-state index contributed by atoms with van der Waals surface area (Å²) in [5.74, 6) is -0.384. The third-order valence-corrected chi connectivity index (χ3v) is 3.27. The van der Waals surface area contributed by atoms with E-state index < -0.39 is 13.9 Å². The van der Waals surface area contributed by atoms with Gasteiger partial charge >= 0.3 is 0 Å². The van der Waals surface area contributed by atoms with Crippen molar-refractivity contribution in [1.82, 2.24) is 0 Å². The standard InChI is InChI=1S/C7H3Cl2NO3S/c8-7-4(3-10)1-5(11)2-6(7)14(9,12)13/h1-2,11H. The summed E-state index contributed by atoms with van der Waals surface area (Å²) < 4.78 is 21.9. The maximum atomic E-state index is 10.9. The lowest BCUT2D eigenvalue weighted by molar-refractivity contribution is 0.473. The Morgan fingerprint density at radius 3 is 2.43 bits per heavy atom. The first-order valence-electron chi connectivity index (χ1n) is 3.23. The van der Waals surface area contributed by atoms with Gasteiger partial charge in [0.15, 0.2) is 0 Å². The van der Waals surface area contributed by atoms with Crippen molar-refractivity contribution in [2.45, 2.75) is 4.90 Å². The van der Waals surface area contributed by atoms with E-state index in [4.69, 9.17) is 32.7 Å². The molecule has 0 aliphatic carbocycles. The van der Waals surface area contributed by atoms with Crippen molar-refractivity contribution in [3.05, 3.63) is 22.7 Å². The summed E-state index contributed by atoms with van der Waals surface area (Å²) in [7, 11) is 0.973. The first-order chi connectivity index (χ1) is 6.36. The molecule has 0 amide bonds. The summed E-state index contributed by atoms with van der Waals surface area (Å²) in [6.45, 7) is 0. The van der Waals surface area contributed by atoms with Crippen LogP contribution in [0.3, 0.4) is 0 Å². The molecule has 1 aromatic rings. The number of rotatable bonds is 1. The van der Waals surface area contributed by atoms with E-state index in [1.54, 1.807) is 6.07 Å². The molecule has 0 spiro atoms. The first kappa shape index (κ1) is 11.1. The highest BCUT2D eigenvalue weighted by Crippen LogP contribution is 2.31. The van der Waals surface area contributed by atoms with E-state index in [-0.39, 0.29) is 16.3 Å². The number of phenols is 1. The van der Waals surface area contributed by atoms with Gasteiger partial charge in [0.2, 0.25) is 0 Å². The Morgan fingerprint density at radius 1 is 1.43 bits per heavy atom. The fraction of sp³-hybridized carbons (Fsp3) is 0. The maximum Gasteiger partial charge on any atom is 0.262 e. The summed E-state index contributed by atoms with van der Waals surface area (Å²) in [5.41, 5.74) is -0.147. The van der Waals surface area contributed by atoms with E-state index in [2.05, 4.69) is 0 Å². The number of halogens is 2. The first-order valence-corrected chi connectivity index (χ1v) is 5.92. The fourth-order valence-electron chi connectivity index (χ4n) is 0.842. The van der Waals surface area contributed by atoms with Crippen LogP contribution in [0.2, 0.25) is 5.02 Å². The van der Waals surface area contributed by atoms with E-state index in [1.165, 1.54) is 0 Å². The average Bonchev–Trinajstić information content (AvgIpc) is 2.06. The Bertz CT molecular complexity index is 518. The number of phenolic OH excluding ortho intramolecular Hbond substituents is 1. The highest BCUT2D eigenvalue weighted by molar-refractivity contribution is 8.13. The second kappa shape index (κ2) is 3.65. The summed E-state index contributed by atoms with van der Waals surface area (Å²) in [6, 6.07) is 3.56. The van der Waals surface area contributed by atoms with Crippen LogP contribution in [-0.4, -0.2) is 13.5 Å². The van der Waals surface area contributed by atoms with Crippen molar-refractivity contribution in [1.29, 1.82) is 5.26 Å². The number of nitrogens with zero attached hydrogens (tertiary/aromatic N) is 1. The van der Waals surface area contributed by atoms with Gasteiger partial charge in [0, 0.05) is 16.7 Å². The molecule has 0 atom stereocenters. The van der Waals surface area contributed by atoms with Gasteiger partial charge in [-0.05, 0) is 6.07 Å². The van der Waals surface area contributed by atoms with Crippen LogP contribution < -0.4 is 0 Å². The molecule has 0 fully saturated rings. The molecule has 0 saturated carbocycles. The molecule has 1 N–H and O–H groups in total. The molecule has 1 rings (SSSR count). The molecule has 14 heavy (non-hydrogen) atoms. The zero-order valence-corrected chi connectivity index (χ0v) is 8.86. The van der Waals surface area contributed by atoms with Crippen LogP contribution >= 0.6 is 22.3 Å².